The Morgan fingerprint density at radius 1 is 1.35 bits per heavy atom. The average molecular weight is 299 g/mol. The lowest BCUT2D eigenvalue weighted by molar-refractivity contribution is -0.121. The lowest BCUT2D eigenvalue weighted by atomic mass is 9.99. The summed E-state index contributed by atoms with van der Waals surface area (Å²) in [6.45, 7) is 0.666. The van der Waals surface area contributed by atoms with Gasteiger partial charge in [-0.25, -0.2) is 13.6 Å². The molecule has 1 aromatic rings. The Morgan fingerprint density at radius 3 is 2.50 bits per heavy atom. The van der Waals surface area contributed by atoms with Gasteiger partial charge < -0.3 is 15.8 Å². The molecule has 1 heterocycles. The number of carbonyl (C=O) groups is 1. The first-order chi connectivity index (χ1) is 9.28. The van der Waals surface area contributed by atoms with Crippen LogP contribution in [0.3, 0.4) is 0 Å². The first kappa shape index (κ1) is 14.9. The number of sulfonamides is 1. The molecule has 1 aliphatic heterocycles. The zero-order valence-corrected chi connectivity index (χ0v) is 11.7. The third-order valence-corrected chi connectivity index (χ3v) is 3.82. The first-order valence-corrected chi connectivity index (χ1v) is 7.78. The Labute approximate surface area is 117 Å². The highest BCUT2D eigenvalue weighted by Gasteiger charge is 2.38. The Bertz CT molecular complexity index is 592. The van der Waals surface area contributed by atoms with Crippen molar-refractivity contribution in [3.05, 3.63) is 29.8 Å². The fourth-order valence-electron chi connectivity index (χ4n) is 1.93. The third-order valence-electron chi connectivity index (χ3n) is 3.08. The molecule has 1 fully saturated rings. The van der Waals surface area contributed by atoms with Crippen molar-refractivity contribution in [2.45, 2.75) is 17.7 Å². The maximum Gasteiger partial charge on any atom is 0.246 e. The predicted octanol–water partition coefficient (Wildman–Crippen LogP) is -0.469. The van der Waals surface area contributed by atoms with Crippen molar-refractivity contribution in [2.24, 2.45) is 10.9 Å². The second kappa shape index (κ2) is 5.49. The molecule has 1 atom stereocenters. The van der Waals surface area contributed by atoms with Crippen LogP contribution < -0.4 is 16.2 Å². The zero-order valence-electron chi connectivity index (χ0n) is 10.8. The molecule has 8 heteroatoms. The number of rotatable bonds is 4. The summed E-state index contributed by atoms with van der Waals surface area (Å²) in [5, 5.41) is 7.65. The summed E-state index contributed by atoms with van der Waals surface area (Å²) in [4.78, 5) is 12.0. The van der Waals surface area contributed by atoms with Gasteiger partial charge >= 0.3 is 0 Å². The molecule has 0 bridgehead atoms. The maximum absolute atomic E-state index is 12.0. The summed E-state index contributed by atoms with van der Waals surface area (Å²) in [5.74, 6) is -0.551. The van der Waals surface area contributed by atoms with Gasteiger partial charge in [0, 0.05) is 12.3 Å². The Kier molecular flexibility index (Phi) is 4.09. The third kappa shape index (κ3) is 3.76. The van der Waals surface area contributed by atoms with Gasteiger partial charge in [0.2, 0.25) is 15.9 Å². The number of hydrogen-bond donors (Lipinski definition) is 3. The van der Waals surface area contributed by atoms with E-state index in [1.807, 2.05) is 0 Å². The van der Waals surface area contributed by atoms with Gasteiger partial charge in [-0.15, -0.1) is 0 Å². The zero-order chi connectivity index (χ0) is 14.8. The minimum absolute atomic E-state index is 0.197. The fourth-order valence-corrected chi connectivity index (χ4v) is 2.59. The monoisotopic (exact) mass is 299 g/mol. The number of benzene rings is 1. The van der Waals surface area contributed by atoms with Crippen molar-refractivity contribution in [3.63, 3.8) is 0 Å². The quantitative estimate of drug-likeness (QED) is 0.693. The SMILES string of the molecule is NC1(C(=O)Nc2ccc(CS(N)(=O)=O)cc2)CCOC1. The number of primary sulfonamides is 1. The van der Waals surface area contributed by atoms with Crippen molar-refractivity contribution >= 4 is 21.6 Å². The van der Waals surface area contributed by atoms with E-state index in [1.165, 1.54) is 0 Å². The van der Waals surface area contributed by atoms with Crippen LogP contribution in [-0.4, -0.2) is 33.1 Å². The molecule has 0 radical (unpaired) electrons. The minimum atomic E-state index is -3.56. The Morgan fingerprint density at radius 2 is 2.00 bits per heavy atom. The van der Waals surface area contributed by atoms with Crippen LogP contribution in [0.15, 0.2) is 24.3 Å². The molecule has 20 heavy (non-hydrogen) atoms. The summed E-state index contributed by atoms with van der Waals surface area (Å²) in [5.41, 5.74) is 6.03. The van der Waals surface area contributed by atoms with Crippen LogP contribution >= 0.6 is 0 Å². The van der Waals surface area contributed by atoms with Gasteiger partial charge in [0.25, 0.3) is 0 Å². The maximum atomic E-state index is 12.0. The standard InChI is InChI=1S/C12H17N3O4S/c13-12(5-6-19-8-12)11(16)15-10-3-1-9(2-4-10)7-20(14,17)18/h1-4H,5-8,13H2,(H,15,16)(H2,14,17,18). The summed E-state index contributed by atoms with van der Waals surface area (Å²) in [7, 11) is -3.56. The molecule has 1 amide bonds. The highest BCUT2D eigenvalue weighted by Crippen LogP contribution is 2.19. The van der Waals surface area contributed by atoms with Gasteiger partial charge in [-0.1, -0.05) is 12.1 Å². The second-order valence-electron chi connectivity index (χ2n) is 4.92. The number of carbonyl (C=O) groups excluding carboxylic acids is 1. The normalized spacial score (nSPS) is 22.7. The largest absolute Gasteiger partial charge is 0.379 e. The smallest absolute Gasteiger partial charge is 0.246 e. The van der Waals surface area contributed by atoms with Crippen LogP contribution in [0.25, 0.3) is 0 Å². The molecule has 5 N–H and O–H groups in total. The van der Waals surface area contributed by atoms with Crippen LogP contribution in [-0.2, 0) is 25.3 Å². The molecule has 1 unspecified atom stereocenters. The molecule has 0 spiro atoms. The molecule has 1 aromatic carbocycles. The Balaban J connectivity index is 2.02. The van der Waals surface area contributed by atoms with Crippen LogP contribution in [0, 0.1) is 0 Å². The van der Waals surface area contributed by atoms with Crippen LogP contribution in [0.5, 0.6) is 0 Å². The summed E-state index contributed by atoms with van der Waals surface area (Å²) >= 11 is 0. The van der Waals surface area contributed by atoms with E-state index >= 15 is 0 Å². The Hall–Kier alpha value is -1.48. The lowest BCUT2D eigenvalue weighted by Gasteiger charge is -2.20. The molecular formula is C12H17N3O4S. The molecule has 0 aromatic heterocycles. The fraction of sp³-hybridized carbons (Fsp3) is 0.417. The highest BCUT2D eigenvalue weighted by molar-refractivity contribution is 7.88. The first-order valence-electron chi connectivity index (χ1n) is 6.06. The van der Waals surface area contributed by atoms with E-state index < -0.39 is 15.6 Å². The van der Waals surface area contributed by atoms with Crippen molar-refractivity contribution in [1.29, 1.82) is 0 Å². The second-order valence-corrected chi connectivity index (χ2v) is 6.53. The molecule has 2 rings (SSSR count). The van der Waals surface area contributed by atoms with Crippen molar-refractivity contribution in [3.8, 4) is 0 Å². The molecule has 1 aliphatic rings. The minimum Gasteiger partial charge on any atom is -0.379 e. The predicted molar refractivity (Wildman–Crippen MR) is 74.2 cm³/mol. The van der Waals surface area contributed by atoms with Crippen molar-refractivity contribution in [1.82, 2.24) is 0 Å². The molecule has 7 nitrogen and oxygen atoms in total. The van der Waals surface area contributed by atoms with E-state index in [-0.39, 0.29) is 18.3 Å². The molecule has 0 saturated carbocycles. The number of anilines is 1. The van der Waals surface area contributed by atoms with Crippen LogP contribution in [0.1, 0.15) is 12.0 Å². The van der Waals surface area contributed by atoms with Gasteiger partial charge in [0.15, 0.2) is 0 Å². The van der Waals surface area contributed by atoms with Gasteiger partial charge in [0.05, 0.1) is 12.4 Å². The van der Waals surface area contributed by atoms with Gasteiger partial charge in [-0.05, 0) is 24.1 Å². The molecule has 1 saturated heterocycles. The number of amides is 1. The topological polar surface area (TPSA) is 125 Å². The highest BCUT2D eigenvalue weighted by atomic mass is 32.2. The summed E-state index contributed by atoms with van der Waals surface area (Å²) < 4.78 is 27.0. The van der Waals surface area contributed by atoms with E-state index in [2.05, 4.69) is 5.32 Å². The lowest BCUT2D eigenvalue weighted by Crippen LogP contribution is -2.51. The molecule has 0 aliphatic carbocycles. The van der Waals surface area contributed by atoms with Crippen LogP contribution in [0.4, 0.5) is 5.69 Å². The van der Waals surface area contributed by atoms with Crippen molar-refractivity contribution < 1.29 is 17.9 Å². The molecular weight excluding hydrogens is 282 g/mol. The number of ether oxygens (including phenoxy) is 1. The number of nitrogens with two attached hydrogens (primary N) is 2. The van der Waals surface area contributed by atoms with Crippen molar-refractivity contribution in [2.75, 3.05) is 18.5 Å². The van der Waals surface area contributed by atoms with Gasteiger partial charge in [-0.2, -0.15) is 0 Å². The average Bonchev–Trinajstić information content (AvgIpc) is 2.78. The van der Waals surface area contributed by atoms with Crippen LogP contribution in [0.2, 0.25) is 0 Å². The molecule has 110 valence electrons. The van der Waals surface area contributed by atoms with E-state index in [9.17, 15) is 13.2 Å². The van der Waals surface area contributed by atoms with E-state index in [1.54, 1.807) is 24.3 Å². The van der Waals surface area contributed by atoms with E-state index in [4.69, 9.17) is 15.6 Å². The number of nitrogens with one attached hydrogen (secondary N) is 1. The van der Waals surface area contributed by atoms with E-state index in [0.29, 0.717) is 24.3 Å². The van der Waals surface area contributed by atoms with Gasteiger partial charge in [0.1, 0.15) is 5.54 Å². The van der Waals surface area contributed by atoms with Gasteiger partial charge in [-0.3, -0.25) is 4.79 Å². The van der Waals surface area contributed by atoms with E-state index in [0.717, 1.165) is 0 Å². The summed E-state index contributed by atoms with van der Waals surface area (Å²) in [6.07, 6.45) is 0.475. The summed E-state index contributed by atoms with van der Waals surface area (Å²) in [6, 6.07) is 6.40. The number of hydrogen-bond acceptors (Lipinski definition) is 5.